The maximum atomic E-state index is 5.64. The Balaban J connectivity index is 3.04. The first kappa shape index (κ1) is 8.85. The summed E-state index contributed by atoms with van der Waals surface area (Å²) in [4.78, 5) is 0. The van der Waals surface area contributed by atoms with Gasteiger partial charge in [0.15, 0.2) is 0 Å². The normalized spacial score (nSPS) is 9.64. The van der Waals surface area contributed by atoms with Gasteiger partial charge in [-0.05, 0) is 10.8 Å². The summed E-state index contributed by atoms with van der Waals surface area (Å²) in [5.41, 5.74) is 1.12. The number of benzene rings is 1. The van der Waals surface area contributed by atoms with Gasteiger partial charge < -0.3 is 0 Å². The van der Waals surface area contributed by atoms with Crippen molar-refractivity contribution in [3.63, 3.8) is 0 Å². The van der Waals surface area contributed by atoms with Crippen LogP contribution < -0.4 is 0 Å². The molecule has 0 amide bonds. The van der Waals surface area contributed by atoms with Crippen LogP contribution in [0.5, 0.6) is 0 Å². The minimum atomic E-state index is 0.392. The van der Waals surface area contributed by atoms with Gasteiger partial charge in [0.2, 0.25) is 0 Å². The van der Waals surface area contributed by atoms with Crippen molar-refractivity contribution in [3.05, 3.63) is 40.4 Å². The number of hydrogen-bond acceptors (Lipinski definition) is 0. The second-order valence-corrected chi connectivity index (χ2v) is 4.20. The summed E-state index contributed by atoms with van der Waals surface area (Å²) in [5.74, 6) is 0. The van der Waals surface area contributed by atoms with E-state index in [0.717, 1.165) is 21.0 Å². The largest absolute Gasteiger partial charge is 0.105 e. The Morgan fingerprint density at radius 2 is 1.64 bits per heavy atom. The monoisotopic (exact) mass is 202 g/mol. The van der Waals surface area contributed by atoms with Crippen LogP contribution >= 0.6 is 23.2 Å². The summed E-state index contributed by atoms with van der Waals surface area (Å²) in [6.07, 6.45) is 0. The Hall–Kier alpha value is -0.243. The topological polar surface area (TPSA) is 0 Å². The van der Waals surface area contributed by atoms with Crippen LogP contribution in [0.25, 0.3) is 5.20 Å². The number of rotatable bonds is 1. The van der Waals surface area contributed by atoms with E-state index in [1.807, 2.05) is 30.3 Å². The van der Waals surface area contributed by atoms with Crippen LogP contribution in [0.2, 0.25) is 0 Å². The lowest BCUT2D eigenvalue weighted by Gasteiger charge is -1.99. The predicted molar refractivity (Wildman–Crippen MR) is 55.0 cm³/mol. The molecule has 0 spiro atoms. The highest BCUT2D eigenvalue weighted by Gasteiger charge is 1.97. The number of halogens is 2. The van der Waals surface area contributed by atoms with Crippen LogP contribution in [0.4, 0.5) is 0 Å². The van der Waals surface area contributed by atoms with E-state index < -0.39 is 0 Å². The van der Waals surface area contributed by atoms with E-state index in [4.69, 9.17) is 23.2 Å². The average Bonchev–Trinajstić information content (AvgIpc) is 2.05. The van der Waals surface area contributed by atoms with E-state index in [0.29, 0.717) is 4.49 Å². The van der Waals surface area contributed by atoms with Gasteiger partial charge in [-0.1, -0.05) is 53.5 Å². The van der Waals surface area contributed by atoms with Crippen molar-refractivity contribution in [2.45, 2.75) is 0 Å². The van der Waals surface area contributed by atoms with Gasteiger partial charge in [0.25, 0.3) is 0 Å². The van der Waals surface area contributed by atoms with Crippen molar-refractivity contribution in [2.24, 2.45) is 0 Å². The molecule has 0 atom stereocenters. The van der Waals surface area contributed by atoms with Crippen molar-refractivity contribution in [1.82, 2.24) is 0 Å². The summed E-state index contributed by atoms with van der Waals surface area (Å²) in [6, 6.07) is 9.94. The molecule has 0 nitrogen and oxygen atoms in total. The molecule has 1 aromatic carbocycles. The SMILES string of the molecule is [SiH3]C(=C(Cl)Cl)c1ccccc1. The summed E-state index contributed by atoms with van der Waals surface area (Å²) in [7, 11) is 0.877. The number of hydrogen-bond donors (Lipinski definition) is 0. The fourth-order valence-electron chi connectivity index (χ4n) is 0.797. The highest BCUT2D eigenvalue weighted by Crippen LogP contribution is 2.20. The highest BCUT2D eigenvalue weighted by atomic mass is 35.5. The third kappa shape index (κ3) is 2.36. The molecule has 0 N–H and O–H groups in total. The van der Waals surface area contributed by atoms with Crippen LogP contribution in [0.1, 0.15) is 5.56 Å². The molecule has 58 valence electrons. The van der Waals surface area contributed by atoms with Gasteiger partial charge in [-0.15, -0.1) is 0 Å². The molecule has 3 heteroatoms. The van der Waals surface area contributed by atoms with E-state index in [2.05, 4.69) is 0 Å². The maximum absolute atomic E-state index is 5.64. The van der Waals surface area contributed by atoms with Crippen LogP contribution in [-0.2, 0) is 0 Å². The molecule has 0 aromatic heterocycles. The smallest absolute Gasteiger partial charge is 0.0710 e. The van der Waals surface area contributed by atoms with E-state index in [1.165, 1.54) is 0 Å². The Morgan fingerprint density at radius 3 is 2.09 bits per heavy atom. The molecular formula is C8H8Cl2Si. The van der Waals surface area contributed by atoms with E-state index in [-0.39, 0.29) is 0 Å². The standard InChI is InChI=1S/C8H8Cl2Si/c9-8(10)7(11)6-4-2-1-3-5-6/h1-5H,11H3. The van der Waals surface area contributed by atoms with Gasteiger partial charge in [-0.2, -0.15) is 0 Å². The quantitative estimate of drug-likeness (QED) is 0.613. The first-order chi connectivity index (χ1) is 5.22. The summed E-state index contributed by atoms with van der Waals surface area (Å²) in [6.45, 7) is 0. The van der Waals surface area contributed by atoms with E-state index in [1.54, 1.807) is 0 Å². The first-order valence-electron chi connectivity index (χ1n) is 3.29. The Morgan fingerprint density at radius 1 is 1.09 bits per heavy atom. The fraction of sp³-hybridized carbons (Fsp3) is 0. The van der Waals surface area contributed by atoms with Gasteiger partial charge >= 0.3 is 0 Å². The molecule has 1 aromatic rings. The zero-order valence-corrected chi connectivity index (χ0v) is 9.65. The molecular weight excluding hydrogens is 195 g/mol. The lowest BCUT2D eigenvalue weighted by molar-refractivity contribution is 1.65. The van der Waals surface area contributed by atoms with Crippen molar-refractivity contribution in [1.29, 1.82) is 0 Å². The molecule has 0 aliphatic heterocycles. The molecule has 0 aliphatic rings. The Labute approximate surface area is 79.2 Å². The first-order valence-corrected chi connectivity index (χ1v) is 5.04. The summed E-state index contributed by atoms with van der Waals surface area (Å²) in [5, 5.41) is 1.05. The molecule has 1 rings (SSSR count). The lowest BCUT2D eigenvalue weighted by atomic mass is 10.2. The van der Waals surface area contributed by atoms with Gasteiger partial charge in [0, 0.05) is 10.2 Å². The molecule has 0 bridgehead atoms. The van der Waals surface area contributed by atoms with E-state index >= 15 is 0 Å². The molecule has 0 saturated heterocycles. The highest BCUT2D eigenvalue weighted by molar-refractivity contribution is 6.65. The summed E-state index contributed by atoms with van der Waals surface area (Å²) >= 11 is 11.3. The Kier molecular flexibility index (Phi) is 3.18. The second kappa shape index (κ2) is 3.95. The zero-order chi connectivity index (χ0) is 8.27. The minimum absolute atomic E-state index is 0.392. The predicted octanol–water partition coefficient (Wildman–Crippen LogP) is 2.16. The van der Waals surface area contributed by atoms with Gasteiger partial charge in [0.1, 0.15) is 4.49 Å². The van der Waals surface area contributed by atoms with Crippen LogP contribution in [0.3, 0.4) is 0 Å². The van der Waals surface area contributed by atoms with Crippen LogP contribution in [0.15, 0.2) is 34.8 Å². The third-order valence-corrected chi connectivity index (χ3v) is 3.77. The average molecular weight is 203 g/mol. The van der Waals surface area contributed by atoms with Crippen molar-refractivity contribution in [3.8, 4) is 0 Å². The lowest BCUT2D eigenvalue weighted by Crippen LogP contribution is -1.82. The molecule has 0 heterocycles. The van der Waals surface area contributed by atoms with Gasteiger partial charge in [-0.3, -0.25) is 0 Å². The Bertz CT molecular complexity index is 263. The zero-order valence-electron chi connectivity index (χ0n) is 6.14. The molecule has 0 saturated carbocycles. The molecule has 0 fully saturated rings. The van der Waals surface area contributed by atoms with Crippen LogP contribution in [0, 0.1) is 0 Å². The fourth-order valence-corrected chi connectivity index (χ4v) is 1.35. The molecule has 0 radical (unpaired) electrons. The van der Waals surface area contributed by atoms with Crippen molar-refractivity contribution >= 4 is 38.6 Å². The van der Waals surface area contributed by atoms with Crippen LogP contribution in [-0.4, -0.2) is 10.2 Å². The maximum Gasteiger partial charge on any atom is 0.105 e. The van der Waals surface area contributed by atoms with Crippen molar-refractivity contribution in [2.75, 3.05) is 0 Å². The molecule has 0 aliphatic carbocycles. The van der Waals surface area contributed by atoms with E-state index in [9.17, 15) is 0 Å². The van der Waals surface area contributed by atoms with Gasteiger partial charge in [0.05, 0.1) is 0 Å². The summed E-state index contributed by atoms with van der Waals surface area (Å²) < 4.78 is 0.392. The molecule has 11 heavy (non-hydrogen) atoms. The second-order valence-electron chi connectivity index (χ2n) is 2.25. The van der Waals surface area contributed by atoms with Gasteiger partial charge in [-0.25, -0.2) is 0 Å². The van der Waals surface area contributed by atoms with Crippen molar-refractivity contribution < 1.29 is 0 Å². The minimum Gasteiger partial charge on any atom is -0.0710 e. The third-order valence-electron chi connectivity index (χ3n) is 1.49. The molecule has 0 unspecified atom stereocenters.